The van der Waals surface area contributed by atoms with Gasteiger partial charge >= 0.3 is 0 Å². The monoisotopic (exact) mass is 417 g/mol. The fourth-order valence-electron chi connectivity index (χ4n) is 4.39. The first-order chi connectivity index (χ1) is 15.3. The van der Waals surface area contributed by atoms with Crippen LogP contribution < -0.4 is 10.2 Å². The molecule has 1 fully saturated rings. The van der Waals surface area contributed by atoms with Crippen LogP contribution in [0.5, 0.6) is 0 Å². The lowest BCUT2D eigenvalue weighted by molar-refractivity contribution is 0.0947. The summed E-state index contributed by atoms with van der Waals surface area (Å²) in [5.74, 6) is 0.811. The Morgan fingerprint density at radius 1 is 1.03 bits per heavy atom. The van der Waals surface area contributed by atoms with Crippen LogP contribution in [0.4, 0.5) is 5.82 Å². The van der Waals surface area contributed by atoms with Gasteiger partial charge in [0.25, 0.3) is 5.91 Å². The maximum atomic E-state index is 12.8. The Bertz CT molecular complexity index is 1080. The molecule has 7 heteroatoms. The molecule has 1 aromatic heterocycles. The van der Waals surface area contributed by atoms with Crippen molar-refractivity contribution in [3.8, 4) is 0 Å². The van der Waals surface area contributed by atoms with Crippen molar-refractivity contribution in [2.45, 2.75) is 13.0 Å². The number of amides is 1. The molecule has 0 radical (unpaired) electrons. The number of hydrogen-bond acceptors (Lipinski definition) is 6. The van der Waals surface area contributed by atoms with E-state index in [1.54, 1.807) is 6.33 Å². The normalized spacial score (nSPS) is 16.8. The van der Waals surface area contributed by atoms with Crippen LogP contribution in [-0.2, 0) is 17.7 Å². The van der Waals surface area contributed by atoms with Crippen LogP contribution in [0, 0.1) is 0 Å². The number of morpholine rings is 1. The third-order valence-corrected chi connectivity index (χ3v) is 6.11. The molecule has 5 rings (SSSR count). The van der Waals surface area contributed by atoms with Crippen LogP contribution in [-0.4, -0.2) is 66.7 Å². The largest absolute Gasteiger partial charge is 0.378 e. The fraction of sp³-hybridized carbons (Fsp3) is 0.375. The first kappa shape index (κ1) is 19.9. The Balaban J connectivity index is 1.24. The number of anilines is 1. The van der Waals surface area contributed by atoms with E-state index in [9.17, 15) is 4.79 Å². The molecule has 7 nitrogen and oxygen atoms in total. The minimum Gasteiger partial charge on any atom is -0.378 e. The molecule has 2 aliphatic rings. The molecule has 160 valence electrons. The number of carbonyl (C=O) groups is 1. The molecule has 3 heterocycles. The topological polar surface area (TPSA) is 70.6 Å². The first-order valence-electron chi connectivity index (χ1n) is 10.9. The third-order valence-electron chi connectivity index (χ3n) is 6.11. The molecule has 3 aromatic rings. The molecular weight excluding hydrogens is 390 g/mol. The minimum atomic E-state index is -0.0592. The highest BCUT2D eigenvalue weighted by Crippen LogP contribution is 2.25. The van der Waals surface area contributed by atoms with Crippen LogP contribution in [0.1, 0.15) is 21.5 Å². The second-order valence-corrected chi connectivity index (χ2v) is 8.08. The summed E-state index contributed by atoms with van der Waals surface area (Å²) >= 11 is 0. The average molecular weight is 418 g/mol. The number of aromatic nitrogens is 2. The average Bonchev–Trinajstić information content (AvgIpc) is 2.83. The van der Waals surface area contributed by atoms with Crippen molar-refractivity contribution < 1.29 is 9.53 Å². The number of hydrogen-bond donors (Lipinski definition) is 1. The quantitative estimate of drug-likeness (QED) is 0.687. The Hall–Kier alpha value is -3.03. The summed E-state index contributed by atoms with van der Waals surface area (Å²) in [6.07, 6.45) is 2.66. The number of fused-ring (bicyclic) bond motifs is 2. The zero-order valence-electron chi connectivity index (χ0n) is 17.6. The summed E-state index contributed by atoms with van der Waals surface area (Å²) in [6.45, 7) is 6.41. The standard InChI is InChI=1S/C24H27N5O2/c30-24(25-8-10-28-9-7-18-3-1-2-4-20(18)16-28)19-5-6-22-21(15-19)23(27-17-26-22)29-11-13-31-14-12-29/h1-6,15,17H,7-14,16H2,(H,25,30). The van der Waals surface area contributed by atoms with E-state index in [0.29, 0.717) is 25.3 Å². The van der Waals surface area contributed by atoms with Gasteiger partial charge in [-0.2, -0.15) is 0 Å². The van der Waals surface area contributed by atoms with Crippen molar-refractivity contribution in [1.82, 2.24) is 20.2 Å². The molecule has 2 aromatic carbocycles. The molecule has 0 spiro atoms. The highest BCUT2D eigenvalue weighted by molar-refractivity contribution is 6.00. The molecule has 1 amide bonds. The van der Waals surface area contributed by atoms with Crippen molar-refractivity contribution in [1.29, 1.82) is 0 Å². The van der Waals surface area contributed by atoms with Crippen LogP contribution in [0.2, 0.25) is 0 Å². The number of nitrogens with zero attached hydrogens (tertiary/aromatic N) is 4. The van der Waals surface area contributed by atoms with Gasteiger partial charge in [0.2, 0.25) is 0 Å². The first-order valence-corrected chi connectivity index (χ1v) is 10.9. The molecule has 31 heavy (non-hydrogen) atoms. The van der Waals surface area contributed by atoms with Gasteiger partial charge in [0.05, 0.1) is 18.7 Å². The number of rotatable bonds is 5. The minimum absolute atomic E-state index is 0.0592. The summed E-state index contributed by atoms with van der Waals surface area (Å²) in [5.41, 5.74) is 4.32. The van der Waals surface area contributed by atoms with Gasteiger partial charge in [0.15, 0.2) is 0 Å². The van der Waals surface area contributed by atoms with E-state index in [1.807, 2.05) is 18.2 Å². The lowest BCUT2D eigenvalue weighted by Gasteiger charge is -2.28. The van der Waals surface area contributed by atoms with Crippen molar-refractivity contribution in [2.24, 2.45) is 0 Å². The van der Waals surface area contributed by atoms with E-state index < -0.39 is 0 Å². The summed E-state index contributed by atoms with van der Waals surface area (Å²) < 4.78 is 5.46. The van der Waals surface area contributed by atoms with Gasteiger partial charge in [-0.05, 0) is 35.7 Å². The van der Waals surface area contributed by atoms with E-state index in [1.165, 1.54) is 11.1 Å². The van der Waals surface area contributed by atoms with E-state index in [2.05, 4.69) is 49.4 Å². The zero-order valence-corrected chi connectivity index (χ0v) is 17.6. The van der Waals surface area contributed by atoms with Gasteiger partial charge in [0, 0.05) is 50.2 Å². The van der Waals surface area contributed by atoms with E-state index in [4.69, 9.17) is 4.74 Å². The van der Waals surface area contributed by atoms with Crippen molar-refractivity contribution in [3.05, 3.63) is 65.5 Å². The van der Waals surface area contributed by atoms with Crippen LogP contribution >= 0.6 is 0 Å². The van der Waals surface area contributed by atoms with Crippen molar-refractivity contribution in [3.63, 3.8) is 0 Å². The number of benzene rings is 2. The second-order valence-electron chi connectivity index (χ2n) is 8.08. The fourth-order valence-corrected chi connectivity index (χ4v) is 4.39. The number of nitrogens with one attached hydrogen (secondary N) is 1. The third kappa shape index (κ3) is 4.38. The smallest absolute Gasteiger partial charge is 0.251 e. The summed E-state index contributed by atoms with van der Waals surface area (Å²) in [5, 5.41) is 3.99. The Morgan fingerprint density at radius 3 is 2.74 bits per heavy atom. The number of ether oxygens (including phenoxy) is 1. The maximum Gasteiger partial charge on any atom is 0.251 e. The summed E-state index contributed by atoms with van der Waals surface area (Å²) in [4.78, 5) is 26.3. The molecule has 0 unspecified atom stereocenters. The summed E-state index contributed by atoms with van der Waals surface area (Å²) in [7, 11) is 0. The number of carbonyl (C=O) groups excluding carboxylic acids is 1. The van der Waals surface area contributed by atoms with Gasteiger partial charge < -0.3 is 15.0 Å². The Labute approximate surface area is 182 Å². The van der Waals surface area contributed by atoms with Gasteiger partial charge in [-0.1, -0.05) is 24.3 Å². The molecule has 1 N–H and O–H groups in total. The SMILES string of the molecule is O=C(NCCN1CCc2ccccc2C1)c1ccc2ncnc(N3CCOCC3)c2c1. The Kier molecular flexibility index (Phi) is 5.78. The van der Waals surface area contributed by atoms with Gasteiger partial charge in [0.1, 0.15) is 12.1 Å². The molecule has 0 saturated carbocycles. The molecule has 0 atom stereocenters. The van der Waals surface area contributed by atoms with E-state index >= 15 is 0 Å². The maximum absolute atomic E-state index is 12.8. The highest BCUT2D eigenvalue weighted by atomic mass is 16.5. The van der Waals surface area contributed by atoms with Gasteiger partial charge in [-0.3, -0.25) is 9.69 Å². The van der Waals surface area contributed by atoms with Gasteiger partial charge in [-0.25, -0.2) is 9.97 Å². The molecule has 0 bridgehead atoms. The predicted octanol–water partition coefficient (Wildman–Crippen LogP) is 2.25. The van der Waals surface area contributed by atoms with E-state index in [-0.39, 0.29) is 5.91 Å². The predicted molar refractivity (Wildman–Crippen MR) is 120 cm³/mol. The van der Waals surface area contributed by atoms with Crippen molar-refractivity contribution in [2.75, 3.05) is 50.8 Å². The van der Waals surface area contributed by atoms with Gasteiger partial charge in [-0.15, -0.1) is 0 Å². The molecule has 0 aliphatic carbocycles. The van der Waals surface area contributed by atoms with Crippen LogP contribution in [0.15, 0.2) is 48.8 Å². The summed E-state index contributed by atoms with van der Waals surface area (Å²) in [6, 6.07) is 14.3. The highest BCUT2D eigenvalue weighted by Gasteiger charge is 2.18. The molecule has 2 aliphatic heterocycles. The second kappa shape index (κ2) is 8.99. The van der Waals surface area contributed by atoms with Crippen LogP contribution in [0.3, 0.4) is 0 Å². The Morgan fingerprint density at radius 2 is 1.87 bits per heavy atom. The zero-order chi connectivity index (χ0) is 21.0. The van der Waals surface area contributed by atoms with Crippen molar-refractivity contribution >= 4 is 22.6 Å². The van der Waals surface area contributed by atoms with E-state index in [0.717, 1.165) is 55.9 Å². The van der Waals surface area contributed by atoms with Crippen LogP contribution in [0.25, 0.3) is 10.9 Å². The lowest BCUT2D eigenvalue weighted by atomic mass is 10.00. The molecule has 1 saturated heterocycles. The molecular formula is C24H27N5O2. The lowest BCUT2D eigenvalue weighted by Crippen LogP contribution is -2.38.